The van der Waals surface area contributed by atoms with Crippen molar-refractivity contribution in [3.63, 3.8) is 0 Å². The molecule has 4 atom stereocenters. The van der Waals surface area contributed by atoms with Gasteiger partial charge in [-0.2, -0.15) is 11.8 Å². The van der Waals surface area contributed by atoms with E-state index in [1.807, 2.05) is 40.9 Å². The molecule has 4 N–H and O–H groups in total. The zero-order chi connectivity index (χ0) is 21.6. The van der Waals surface area contributed by atoms with Crippen molar-refractivity contribution in [3.05, 3.63) is 0 Å². The molecular formula is C19H36N4O4S. The molecule has 1 fully saturated rings. The van der Waals surface area contributed by atoms with Gasteiger partial charge >= 0.3 is 0 Å². The molecule has 1 aliphatic rings. The van der Waals surface area contributed by atoms with E-state index in [2.05, 4.69) is 16.0 Å². The standard InChI is InChI=1S/C19H36N4O4S/c1-11(2)10-12(14-18(26)23(27)13(21-14)8-9-28-7)16(24)22-15(17(25)20-6)19(3,4)5/h11-15,21,27H,8-10H2,1-7H3,(H,20,25)(H,22,24)/t12-,13?,14+,15-/m1/s1. The summed E-state index contributed by atoms with van der Waals surface area (Å²) in [6, 6.07) is -1.54. The topological polar surface area (TPSA) is 111 Å². The molecule has 0 aromatic heterocycles. The van der Waals surface area contributed by atoms with Gasteiger partial charge in [-0.15, -0.1) is 0 Å². The second kappa shape index (κ2) is 10.5. The van der Waals surface area contributed by atoms with Gasteiger partial charge in [0.15, 0.2) is 0 Å². The number of thioether (sulfide) groups is 1. The first-order valence-electron chi connectivity index (χ1n) is 9.72. The van der Waals surface area contributed by atoms with Gasteiger partial charge in [-0.3, -0.25) is 24.9 Å². The summed E-state index contributed by atoms with van der Waals surface area (Å²) in [7, 11) is 1.53. The van der Waals surface area contributed by atoms with Crippen LogP contribution >= 0.6 is 11.8 Å². The van der Waals surface area contributed by atoms with Crippen molar-refractivity contribution in [2.75, 3.05) is 19.1 Å². The second-order valence-corrected chi connectivity index (χ2v) is 9.77. The first kappa shape index (κ1) is 24.7. The fourth-order valence-corrected chi connectivity index (χ4v) is 3.80. The third-order valence-corrected chi connectivity index (χ3v) is 5.52. The van der Waals surface area contributed by atoms with Gasteiger partial charge in [0, 0.05) is 7.05 Å². The molecule has 1 saturated heterocycles. The van der Waals surface area contributed by atoms with Crippen molar-refractivity contribution < 1.29 is 19.6 Å². The van der Waals surface area contributed by atoms with Gasteiger partial charge < -0.3 is 10.6 Å². The van der Waals surface area contributed by atoms with Gasteiger partial charge in [0.1, 0.15) is 18.2 Å². The lowest BCUT2D eigenvalue weighted by Gasteiger charge is -2.32. The molecule has 1 aliphatic heterocycles. The van der Waals surface area contributed by atoms with Crippen molar-refractivity contribution in [1.82, 2.24) is 21.0 Å². The summed E-state index contributed by atoms with van der Waals surface area (Å²) in [4.78, 5) is 38.0. The Balaban J connectivity index is 3.05. The van der Waals surface area contributed by atoms with Crippen LogP contribution in [0.1, 0.15) is 47.5 Å². The first-order chi connectivity index (χ1) is 12.9. The average molecular weight is 417 g/mol. The Hall–Kier alpha value is -1.32. The predicted molar refractivity (Wildman–Crippen MR) is 111 cm³/mol. The molecule has 1 rings (SSSR count). The van der Waals surface area contributed by atoms with E-state index in [0.29, 0.717) is 17.9 Å². The second-order valence-electron chi connectivity index (χ2n) is 8.78. The van der Waals surface area contributed by atoms with Crippen LogP contribution in [-0.4, -0.2) is 65.3 Å². The molecule has 1 heterocycles. The Morgan fingerprint density at radius 1 is 1.29 bits per heavy atom. The average Bonchev–Trinajstić information content (AvgIpc) is 2.88. The van der Waals surface area contributed by atoms with Crippen molar-refractivity contribution in [2.45, 2.75) is 65.7 Å². The minimum absolute atomic E-state index is 0.163. The molecule has 9 heteroatoms. The Morgan fingerprint density at radius 3 is 2.36 bits per heavy atom. The van der Waals surface area contributed by atoms with Crippen LogP contribution < -0.4 is 16.0 Å². The maximum atomic E-state index is 13.1. The van der Waals surface area contributed by atoms with Crippen LogP contribution in [0.4, 0.5) is 0 Å². The molecule has 8 nitrogen and oxygen atoms in total. The van der Waals surface area contributed by atoms with E-state index in [9.17, 15) is 19.6 Å². The first-order valence-corrected chi connectivity index (χ1v) is 11.1. The number of carbonyl (C=O) groups is 3. The van der Waals surface area contributed by atoms with Crippen LogP contribution in [0.5, 0.6) is 0 Å². The van der Waals surface area contributed by atoms with E-state index < -0.39 is 35.5 Å². The number of amides is 3. The highest BCUT2D eigenvalue weighted by Gasteiger charge is 2.46. The Morgan fingerprint density at radius 2 is 1.89 bits per heavy atom. The predicted octanol–water partition coefficient (Wildman–Crippen LogP) is 1.19. The number of carbonyl (C=O) groups excluding carboxylic acids is 3. The fraction of sp³-hybridized carbons (Fsp3) is 0.842. The number of hydrogen-bond donors (Lipinski definition) is 4. The monoisotopic (exact) mass is 416 g/mol. The third-order valence-electron chi connectivity index (χ3n) is 4.88. The van der Waals surface area contributed by atoms with E-state index in [-0.39, 0.29) is 17.7 Å². The Kier molecular flexibility index (Phi) is 9.23. The smallest absolute Gasteiger partial charge is 0.265 e. The number of likely N-dealkylation sites (N-methyl/N-ethyl adjacent to an activating group) is 1. The van der Waals surface area contributed by atoms with Gasteiger partial charge in [0.05, 0.1) is 5.92 Å². The van der Waals surface area contributed by atoms with Crippen LogP contribution in [0.2, 0.25) is 0 Å². The molecule has 0 aliphatic carbocycles. The Bertz CT molecular complexity index is 565. The van der Waals surface area contributed by atoms with Crippen molar-refractivity contribution in [2.24, 2.45) is 17.3 Å². The van der Waals surface area contributed by atoms with E-state index >= 15 is 0 Å². The fourth-order valence-electron chi connectivity index (χ4n) is 3.34. The van der Waals surface area contributed by atoms with Crippen LogP contribution in [-0.2, 0) is 14.4 Å². The summed E-state index contributed by atoms with van der Waals surface area (Å²) in [5.74, 6) is -0.886. The molecular weight excluding hydrogens is 380 g/mol. The summed E-state index contributed by atoms with van der Waals surface area (Å²) in [6.07, 6.45) is 2.49. The molecule has 3 amide bonds. The number of nitrogens with one attached hydrogen (secondary N) is 3. The number of nitrogens with zero attached hydrogens (tertiary/aromatic N) is 1. The number of hydrogen-bond acceptors (Lipinski definition) is 6. The largest absolute Gasteiger partial charge is 0.357 e. The Labute approximate surface area is 172 Å². The van der Waals surface area contributed by atoms with Crippen molar-refractivity contribution in [3.8, 4) is 0 Å². The van der Waals surface area contributed by atoms with Crippen LogP contribution in [0.15, 0.2) is 0 Å². The molecule has 0 bridgehead atoms. The molecule has 0 saturated carbocycles. The minimum Gasteiger partial charge on any atom is -0.357 e. The lowest BCUT2D eigenvalue weighted by molar-refractivity contribution is -0.167. The van der Waals surface area contributed by atoms with Gasteiger partial charge in [-0.25, -0.2) is 5.06 Å². The molecule has 0 aromatic carbocycles. The summed E-state index contributed by atoms with van der Waals surface area (Å²) in [5.41, 5.74) is -0.491. The van der Waals surface area contributed by atoms with Gasteiger partial charge in [-0.05, 0) is 36.2 Å². The summed E-state index contributed by atoms with van der Waals surface area (Å²) >= 11 is 1.62. The molecule has 28 heavy (non-hydrogen) atoms. The minimum atomic E-state index is -0.815. The highest BCUT2D eigenvalue weighted by Crippen LogP contribution is 2.26. The normalized spacial score (nSPS) is 22.3. The highest BCUT2D eigenvalue weighted by atomic mass is 32.2. The van der Waals surface area contributed by atoms with Crippen LogP contribution in [0, 0.1) is 17.3 Å². The molecule has 0 radical (unpaired) electrons. The van der Waals surface area contributed by atoms with E-state index in [0.717, 1.165) is 5.75 Å². The summed E-state index contributed by atoms with van der Waals surface area (Å²) in [6.45, 7) is 9.57. The third kappa shape index (κ3) is 6.35. The van der Waals surface area contributed by atoms with E-state index in [1.165, 1.54) is 7.05 Å². The van der Waals surface area contributed by atoms with Crippen molar-refractivity contribution >= 4 is 29.5 Å². The quantitative estimate of drug-likeness (QED) is 0.420. The van der Waals surface area contributed by atoms with Gasteiger partial charge in [0.25, 0.3) is 5.91 Å². The molecule has 0 aromatic rings. The van der Waals surface area contributed by atoms with Gasteiger partial charge in [-0.1, -0.05) is 34.6 Å². The molecule has 1 unspecified atom stereocenters. The maximum Gasteiger partial charge on any atom is 0.265 e. The van der Waals surface area contributed by atoms with E-state index in [4.69, 9.17) is 0 Å². The van der Waals surface area contributed by atoms with Gasteiger partial charge in [0.2, 0.25) is 11.8 Å². The summed E-state index contributed by atoms with van der Waals surface area (Å²) < 4.78 is 0. The summed E-state index contributed by atoms with van der Waals surface area (Å²) in [5, 5.41) is 19.4. The van der Waals surface area contributed by atoms with Crippen LogP contribution in [0.3, 0.4) is 0 Å². The molecule has 0 spiro atoms. The zero-order valence-electron chi connectivity index (χ0n) is 18.0. The maximum absolute atomic E-state index is 13.1. The number of hydroxylamine groups is 2. The zero-order valence-corrected chi connectivity index (χ0v) is 18.9. The van der Waals surface area contributed by atoms with E-state index in [1.54, 1.807) is 11.8 Å². The molecule has 162 valence electrons. The lowest BCUT2D eigenvalue weighted by Crippen LogP contribution is -2.56. The lowest BCUT2D eigenvalue weighted by atomic mass is 9.84. The highest BCUT2D eigenvalue weighted by molar-refractivity contribution is 7.98. The van der Waals surface area contributed by atoms with Crippen LogP contribution in [0.25, 0.3) is 0 Å². The van der Waals surface area contributed by atoms with Crippen molar-refractivity contribution in [1.29, 1.82) is 0 Å². The SMILES string of the molecule is CNC(=O)[C@@H](NC(=O)[C@H](CC(C)C)[C@@H]1NC(CCSC)N(O)C1=O)C(C)(C)C. The number of rotatable bonds is 9.